The van der Waals surface area contributed by atoms with Crippen LogP contribution >= 0.6 is 11.3 Å². The zero-order chi connectivity index (χ0) is 14.7. The summed E-state index contributed by atoms with van der Waals surface area (Å²) in [6.07, 6.45) is 0. The highest BCUT2D eigenvalue weighted by Crippen LogP contribution is 2.35. The number of hydrazone groups is 1. The van der Waals surface area contributed by atoms with Gasteiger partial charge in [0.25, 0.3) is 5.91 Å². The number of benzene rings is 1. The Morgan fingerprint density at radius 2 is 1.90 bits per heavy atom. The molecule has 4 N–H and O–H groups in total. The molecule has 2 rings (SSSR count). The number of rotatable bonds is 3. The lowest BCUT2D eigenvalue weighted by atomic mass is 10.2. The molecule has 2 aromatic rings. The number of hydrogen-bond acceptors (Lipinski definition) is 6. The number of amides is 1. The maximum absolute atomic E-state index is 11.8. The van der Waals surface area contributed by atoms with Crippen LogP contribution in [0, 0.1) is 0 Å². The van der Waals surface area contributed by atoms with Crippen molar-refractivity contribution in [3.05, 3.63) is 40.1 Å². The maximum atomic E-state index is 11.8. The van der Waals surface area contributed by atoms with Crippen LogP contribution in [-0.4, -0.2) is 26.9 Å². The van der Waals surface area contributed by atoms with Crippen molar-refractivity contribution in [1.82, 2.24) is 5.43 Å². The third-order valence-corrected chi connectivity index (χ3v) is 3.51. The van der Waals surface area contributed by atoms with Crippen molar-refractivity contribution in [3.63, 3.8) is 0 Å². The molecule has 1 heterocycles. The van der Waals surface area contributed by atoms with E-state index in [2.05, 4.69) is 10.5 Å². The van der Waals surface area contributed by atoms with Crippen LogP contribution in [-0.2, 0) is 0 Å². The fourth-order valence-electron chi connectivity index (χ4n) is 1.47. The van der Waals surface area contributed by atoms with Crippen molar-refractivity contribution in [1.29, 1.82) is 0 Å². The van der Waals surface area contributed by atoms with E-state index in [1.165, 1.54) is 11.3 Å². The Balaban J connectivity index is 2.15. The molecule has 0 saturated carbocycles. The normalized spacial score (nSPS) is 11.3. The molecule has 0 spiro atoms. The molecule has 0 aliphatic carbocycles. The minimum atomic E-state index is -0.667. The first-order valence-electron chi connectivity index (χ1n) is 5.62. The highest BCUT2D eigenvalue weighted by molar-refractivity contribution is 7.12. The standard InChI is InChI=1S/C13H12N2O4S/c1-7(11-3-2-4-20-11)14-15-13(19)8-5-9(16)12(18)10(17)6-8/h2-6,16-18H,1H3,(H,15,19). The van der Waals surface area contributed by atoms with Crippen LogP contribution in [0.4, 0.5) is 0 Å². The third kappa shape index (κ3) is 2.89. The van der Waals surface area contributed by atoms with Gasteiger partial charge in [-0.3, -0.25) is 4.79 Å². The van der Waals surface area contributed by atoms with Crippen LogP contribution in [0.3, 0.4) is 0 Å². The van der Waals surface area contributed by atoms with Crippen molar-refractivity contribution in [2.75, 3.05) is 0 Å². The maximum Gasteiger partial charge on any atom is 0.271 e. The molecule has 0 bridgehead atoms. The van der Waals surface area contributed by atoms with Gasteiger partial charge in [-0.1, -0.05) is 6.07 Å². The summed E-state index contributed by atoms with van der Waals surface area (Å²) in [7, 11) is 0. The van der Waals surface area contributed by atoms with E-state index in [1.807, 2.05) is 17.5 Å². The molecule has 0 radical (unpaired) electrons. The van der Waals surface area contributed by atoms with Crippen molar-refractivity contribution in [3.8, 4) is 17.2 Å². The smallest absolute Gasteiger partial charge is 0.271 e. The fraction of sp³-hybridized carbons (Fsp3) is 0.0769. The second-order valence-corrected chi connectivity index (χ2v) is 4.93. The van der Waals surface area contributed by atoms with Gasteiger partial charge in [0, 0.05) is 10.4 Å². The van der Waals surface area contributed by atoms with Gasteiger partial charge >= 0.3 is 0 Å². The molecule has 0 saturated heterocycles. The van der Waals surface area contributed by atoms with Gasteiger partial charge in [-0.25, -0.2) is 5.43 Å². The van der Waals surface area contributed by atoms with Gasteiger partial charge in [-0.2, -0.15) is 5.10 Å². The molecule has 0 aliphatic rings. The number of carbonyl (C=O) groups is 1. The van der Waals surface area contributed by atoms with E-state index in [1.54, 1.807) is 6.92 Å². The van der Waals surface area contributed by atoms with E-state index < -0.39 is 23.2 Å². The molecule has 1 aromatic heterocycles. The van der Waals surface area contributed by atoms with Crippen LogP contribution < -0.4 is 5.43 Å². The number of hydrogen-bond donors (Lipinski definition) is 4. The second-order valence-electron chi connectivity index (χ2n) is 3.98. The Hall–Kier alpha value is -2.54. The highest BCUT2D eigenvalue weighted by Gasteiger charge is 2.13. The molecule has 20 heavy (non-hydrogen) atoms. The minimum absolute atomic E-state index is 0.0134. The van der Waals surface area contributed by atoms with Crippen molar-refractivity contribution < 1.29 is 20.1 Å². The predicted octanol–water partition coefficient (Wildman–Crippen LogP) is 2.02. The number of thiophene rings is 1. The Kier molecular flexibility index (Phi) is 3.90. The monoisotopic (exact) mass is 292 g/mol. The Labute approximate surface area is 118 Å². The van der Waals surface area contributed by atoms with Gasteiger partial charge in [0.05, 0.1) is 5.71 Å². The minimum Gasteiger partial charge on any atom is -0.504 e. The topological polar surface area (TPSA) is 102 Å². The molecule has 0 aliphatic heterocycles. The van der Waals surface area contributed by atoms with E-state index in [0.717, 1.165) is 17.0 Å². The third-order valence-electron chi connectivity index (χ3n) is 2.53. The number of nitrogens with one attached hydrogen (secondary N) is 1. The lowest BCUT2D eigenvalue weighted by molar-refractivity contribution is 0.0954. The lowest BCUT2D eigenvalue weighted by Crippen LogP contribution is -2.19. The molecule has 1 aromatic carbocycles. The molecule has 7 heteroatoms. The van der Waals surface area contributed by atoms with E-state index in [0.29, 0.717) is 5.71 Å². The molecule has 0 fully saturated rings. The largest absolute Gasteiger partial charge is 0.504 e. The van der Waals surface area contributed by atoms with E-state index in [9.17, 15) is 20.1 Å². The molecular weight excluding hydrogens is 280 g/mol. The summed E-state index contributed by atoms with van der Waals surface area (Å²) in [5.74, 6) is -2.42. The molecule has 104 valence electrons. The zero-order valence-corrected chi connectivity index (χ0v) is 11.3. The highest BCUT2D eigenvalue weighted by atomic mass is 32.1. The first-order valence-corrected chi connectivity index (χ1v) is 6.50. The predicted molar refractivity (Wildman–Crippen MR) is 75.4 cm³/mol. The average molecular weight is 292 g/mol. The van der Waals surface area contributed by atoms with Crippen LogP contribution in [0.2, 0.25) is 0 Å². The van der Waals surface area contributed by atoms with Gasteiger partial charge in [-0.15, -0.1) is 11.3 Å². The van der Waals surface area contributed by atoms with Crippen LogP contribution in [0.25, 0.3) is 0 Å². The molecule has 6 nitrogen and oxygen atoms in total. The lowest BCUT2D eigenvalue weighted by Gasteiger charge is -2.05. The Morgan fingerprint density at radius 1 is 1.25 bits per heavy atom. The molecule has 0 unspecified atom stereocenters. The summed E-state index contributed by atoms with van der Waals surface area (Å²) in [6.45, 7) is 1.75. The van der Waals surface area contributed by atoms with Gasteiger partial charge in [-0.05, 0) is 30.5 Å². The molecular formula is C13H12N2O4S. The van der Waals surface area contributed by atoms with Crippen LogP contribution in [0.15, 0.2) is 34.7 Å². The van der Waals surface area contributed by atoms with Crippen LogP contribution in [0.5, 0.6) is 17.2 Å². The average Bonchev–Trinajstić information content (AvgIpc) is 2.95. The van der Waals surface area contributed by atoms with E-state index in [4.69, 9.17) is 0 Å². The van der Waals surface area contributed by atoms with Gasteiger partial charge in [0.2, 0.25) is 0 Å². The van der Waals surface area contributed by atoms with Gasteiger partial charge < -0.3 is 15.3 Å². The number of phenols is 3. The Bertz CT molecular complexity index is 642. The van der Waals surface area contributed by atoms with E-state index >= 15 is 0 Å². The zero-order valence-electron chi connectivity index (χ0n) is 10.5. The number of aromatic hydroxyl groups is 3. The number of carbonyl (C=O) groups excluding carboxylic acids is 1. The van der Waals surface area contributed by atoms with E-state index in [-0.39, 0.29) is 5.56 Å². The van der Waals surface area contributed by atoms with Crippen LogP contribution in [0.1, 0.15) is 22.2 Å². The van der Waals surface area contributed by atoms with Crippen molar-refractivity contribution >= 4 is 23.0 Å². The summed E-state index contributed by atoms with van der Waals surface area (Å²) in [6, 6.07) is 5.82. The summed E-state index contributed by atoms with van der Waals surface area (Å²) >= 11 is 1.49. The van der Waals surface area contributed by atoms with Gasteiger partial charge in [0.15, 0.2) is 17.2 Å². The summed E-state index contributed by atoms with van der Waals surface area (Å²) < 4.78 is 0. The van der Waals surface area contributed by atoms with Crippen molar-refractivity contribution in [2.24, 2.45) is 5.10 Å². The first kappa shape index (κ1) is 13.9. The summed E-state index contributed by atoms with van der Waals surface area (Å²) in [5, 5.41) is 33.7. The summed E-state index contributed by atoms with van der Waals surface area (Å²) in [4.78, 5) is 12.7. The fourth-order valence-corrected chi connectivity index (χ4v) is 2.15. The quantitative estimate of drug-likeness (QED) is 0.395. The second kappa shape index (κ2) is 5.62. The van der Waals surface area contributed by atoms with Gasteiger partial charge in [0.1, 0.15) is 0 Å². The number of phenolic OH excluding ortho intramolecular Hbond substituents is 3. The van der Waals surface area contributed by atoms with Crippen molar-refractivity contribution in [2.45, 2.75) is 6.92 Å². The first-order chi connectivity index (χ1) is 9.49. The number of nitrogens with zero attached hydrogens (tertiary/aromatic N) is 1. The molecule has 0 atom stereocenters. The SMILES string of the molecule is CC(=NNC(=O)c1cc(O)c(O)c(O)c1)c1cccs1. The molecule has 1 amide bonds. The summed E-state index contributed by atoms with van der Waals surface area (Å²) in [5.41, 5.74) is 2.94. The Morgan fingerprint density at radius 3 is 2.45 bits per heavy atom.